The lowest BCUT2D eigenvalue weighted by molar-refractivity contribution is 0.768. The topological polar surface area (TPSA) is 38.7 Å². The second-order valence-electron chi connectivity index (χ2n) is 14.0. The maximum atomic E-state index is 5.36. The number of fused-ring (bicyclic) bond motifs is 3. The first-order valence-corrected chi connectivity index (χ1v) is 18.7. The second-order valence-corrected chi connectivity index (χ2v) is 14.0. The van der Waals surface area contributed by atoms with Crippen molar-refractivity contribution in [2.45, 2.75) is 5.41 Å². The quantitative estimate of drug-likeness (QED) is 0.166. The van der Waals surface area contributed by atoms with Crippen molar-refractivity contribution in [2.24, 2.45) is 0 Å². The Kier molecular flexibility index (Phi) is 8.04. The first kappa shape index (κ1) is 32.4. The zero-order chi connectivity index (χ0) is 36.6. The Labute approximate surface area is 321 Å². The number of nitrogens with zero attached hydrogens (tertiary/aromatic N) is 3. The van der Waals surface area contributed by atoms with Crippen molar-refractivity contribution in [3.63, 3.8) is 0 Å². The standard InChI is InChI=1S/C52H35N3/c1-4-14-36(15-5-1)37-25-27-38(28-26-37)39-29-31-40(32-30-39)48-34-49(41-16-13-33-53-35-41)55-51(54-48)45-22-12-24-47-50(45)44-21-10-11-23-46(44)52(47,42-17-6-2-7-18-42)43-19-8-3-9-20-43/h1-35H. The van der Waals surface area contributed by atoms with Gasteiger partial charge in [-0.15, -0.1) is 0 Å². The third kappa shape index (κ3) is 5.57. The SMILES string of the molecule is c1ccc(-c2ccc(-c3ccc(-c4cc(-c5cccnc5)nc(-c5cccc6c5-c5ccccc5C6(c5ccccc5)c5ccccc5)n4)cc3)cc2)cc1. The van der Waals surface area contributed by atoms with E-state index in [1.165, 1.54) is 44.5 Å². The summed E-state index contributed by atoms with van der Waals surface area (Å²) in [6, 6.07) is 71.3. The number of hydrogen-bond acceptors (Lipinski definition) is 3. The van der Waals surface area contributed by atoms with Crippen LogP contribution in [0.25, 0.3) is 67.3 Å². The number of benzene rings is 7. The van der Waals surface area contributed by atoms with Crippen molar-refractivity contribution < 1.29 is 0 Å². The van der Waals surface area contributed by atoms with Crippen LogP contribution in [0.1, 0.15) is 22.3 Å². The van der Waals surface area contributed by atoms with E-state index in [4.69, 9.17) is 9.97 Å². The molecule has 1 aliphatic rings. The van der Waals surface area contributed by atoms with Gasteiger partial charge in [0.1, 0.15) is 0 Å². The Bertz CT molecular complexity index is 2720. The van der Waals surface area contributed by atoms with E-state index in [9.17, 15) is 0 Å². The first-order chi connectivity index (χ1) is 27.3. The summed E-state index contributed by atoms with van der Waals surface area (Å²) >= 11 is 0. The maximum Gasteiger partial charge on any atom is 0.161 e. The van der Waals surface area contributed by atoms with Crippen molar-refractivity contribution in [3.05, 3.63) is 235 Å². The zero-order valence-electron chi connectivity index (χ0n) is 30.0. The van der Waals surface area contributed by atoms with Crippen molar-refractivity contribution in [1.82, 2.24) is 15.0 Å². The van der Waals surface area contributed by atoms with Gasteiger partial charge in [-0.3, -0.25) is 4.98 Å². The molecule has 1 aliphatic carbocycles. The Balaban J connectivity index is 1.13. The molecule has 0 N–H and O–H groups in total. The van der Waals surface area contributed by atoms with Crippen molar-refractivity contribution >= 4 is 0 Å². The molecule has 10 rings (SSSR count). The summed E-state index contributed by atoms with van der Waals surface area (Å²) in [5.41, 5.74) is 16.2. The lowest BCUT2D eigenvalue weighted by atomic mass is 9.67. The molecule has 0 unspecified atom stereocenters. The van der Waals surface area contributed by atoms with Gasteiger partial charge in [-0.05, 0) is 73.8 Å². The molecule has 0 aliphatic heterocycles. The minimum absolute atomic E-state index is 0.511. The summed E-state index contributed by atoms with van der Waals surface area (Å²) < 4.78 is 0. The second kappa shape index (κ2) is 13.6. The molecular formula is C52H35N3. The third-order valence-electron chi connectivity index (χ3n) is 10.9. The van der Waals surface area contributed by atoms with E-state index in [-0.39, 0.29) is 0 Å². The Morgan fingerprint density at radius 1 is 0.345 bits per heavy atom. The highest BCUT2D eigenvalue weighted by atomic mass is 14.9. The van der Waals surface area contributed by atoms with Crippen LogP contribution in [0.15, 0.2) is 213 Å². The largest absolute Gasteiger partial charge is 0.264 e. The van der Waals surface area contributed by atoms with Crippen LogP contribution in [0.3, 0.4) is 0 Å². The highest BCUT2D eigenvalue weighted by molar-refractivity contribution is 5.94. The van der Waals surface area contributed by atoms with Crippen LogP contribution in [-0.2, 0) is 5.41 Å². The van der Waals surface area contributed by atoms with E-state index < -0.39 is 5.41 Å². The normalized spacial score (nSPS) is 12.5. The van der Waals surface area contributed by atoms with Gasteiger partial charge in [-0.25, -0.2) is 9.97 Å². The van der Waals surface area contributed by atoms with E-state index in [1.807, 2.05) is 18.3 Å². The molecule has 3 nitrogen and oxygen atoms in total. The number of hydrogen-bond donors (Lipinski definition) is 0. The van der Waals surface area contributed by atoms with Gasteiger partial charge in [0, 0.05) is 29.1 Å². The van der Waals surface area contributed by atoms with Crippen LogP contribution in [0, 0.1) is 0 Å². The highest BCUT2D eigenvalue weighted by Crippen LogP contribution is 2.58. The molecule has 258 valence electrons. The third-order valence-corrected chi connectivity index (χ3v) is 10.9. The van der Waals surface area contributed by atoms with Crippen LogP contribution >= 0.6 is 0 Å². The molecule has 0 atom stereocenters. The summed E-state index contributed by atoms with van der Waals surface area (Å²) in [7, 11) is 0. The Morgan fingerprint density at radius 3 is 1.42 bits per heavy atom. The molecule has 55 heavy (non-hydrogen) atoms. The van der Waals surface area contributed by atoms with Crippen LogP contribution < -0.4 is 0 Å². The van der Waals surface area contributed by atoms with Gasteiger partial charge in [0.15, 0.2) is 5.82 Å². The van der Waals surface area contributed by atoms with Crippen LogP contribution in [0.2, 0.25) is 0 Å². The fourth-order valence-corrected chi connectivity index (χ4v) is 8.38. The highest BCUT2D eigenvalue weighted by Gasteiger charge is 2.46. The lowest BCUT2D eigenvalue weighted by Crippen LogP contribution is -2.28. The van der Waals surface area contributed by atoms with Crippen LogP contribution in [-0.4, -0.2) is 15.0 Å². The summed E-state index contributed by atoms with van der Waals surface area (Å²) in [6.07, 6.45) is 3.67. The van der Waals surface area contributed by atoms with Gasteiger partial charge < -0.3 is 0 Å². The summed E-state index contributed by atoms with van der Waals surface area (Å²) in [5, 5.41) is 0. The van der Waals surface area contributed by atoms with Gasteiger partial charge in [0.25, 0.3) is 0 Å². The molecule has 0 fully saturated rings. The Morgan fingerprint density at radius 2 is 0.818 bits per heavy atom. The van der Waals surface area contributed by atoms with E-state index in [0.717, 1.165) is 39.2 Å². The molecule has 0 amide bonds. The first-order valence-electron chi connectivity index (χ1n) is 18.7. The fraction of sp³-hybridized carbons (Fsp3) is 0.0192. The van der Waals surface area contributed by atoms with Gasteiger partial charge in [-0.2, -0.15) is 0 Å². The predicted molar refractivity (Wildman–Crippen MR) is 224 cm³/mol. The monoisotopic (exact) mass is 701 g/mol. The molecule has 0 spiro atoms. The van der Waals surface area contributed by atoms with Gasteiger partial charge >= 0.3 is 0 Å². The van der Waals surface area contributed by atoms with Gasteiger partial charge in [0.2, 0.25) is 0 Å². The number of rotatable bonds is 7. The molecular weight excluding hydrogens is 667 g/mol. The van der Waals surface area contributed by atoms with E-state index in [0.29, 0.717) is 5.82 Å². The maximum absolute atomic E-state index is 5.36. The lowest BCUT2D eigenvalue weighted by Gasteiger charge is -2.33. The molecule has 0 bridgehead atoms. The smallest absolute Gasteiger partial charge is 0.161 e. The van der Waals surface area contributed by atoms with Crippen molar-refractivity contribution in [2.75, 3.05) is 0 Å². The summed E-state index contributed by atoms with van der Waals surface area (Å²) in [4.78, 5) is 15.1. The molecule has 0 radical (unpaired) electrons. The Hall–Kier alpha value is -7.23. The molecule has 0 saturated heterocycles. The molecule has 2 aromatic heterocycles. The summed E-state index contributed by atoms with van der Waals surface area (Å²) in [6.45, 7) is 0. The molecule has 3 heteroatoms. The minimum atomic E-state index is -0.511. The predicted octanol–water partition coefficient (Wildman–Crippen LogP) is 12.6. The van der Waals surface area contributed by atoms with E-state index in [1.54, 1.807) is 6.20 Å². The fourth-order valence-electron chi connectivity index (χ4n) is 8.38. The molecule has 7 aromatic carbocycles. The zero-order valence-corrected chi connectivity index (χ0v) is 30.0. The van der Waals surface area contributed by atoms with E-state index in [2.05, 4.69) is 193 Å². The molecule has 9 aromatic rings. The van der Waals surface area contributed by atoms with Crippen molar-refractivity contribution in [1.29, 1.82) is 0 Å². The van der Waals surface area contributed by atoms with Crippen LogP contribution in [0.4, 0.5) is 0 Å². The van der Waals surface area contributed by atoms with Gasteiger partial charge in [-0.1, -0.05) is 182 Å². The molecule has 2 heterocycles. The van der Waals surface area contributed by atoms with Gasteiger partial charge in [0.05, 0.1) is 16.8 Å². The average molecular weight is 702 g/mol. The van der Waals surface area contributed by atoms with Crippen molar-refractivity contribution in [3.8, 4) is 67.3 Å². The van der Waals surface area contributed by atoms with Crippen LogP contribution in [0.5, 0.6) is 0 Å². The molecule has 0 saturated carbocycles. The van der Waals surface area contributed by atoms with E-state index >= 15 is 0 Å². The summed E-state index contributed by atoms with van der Waals surface area (Å²) in [5.74, 6) is 0.681. The number of pyridine rings is 1. The minimum Gasteiger partial charge on any atom is -0.264 e. The average Bonchev–Trinajstić information content (AvgIpc) is 3.59. The number of aromatic nitrogens is 3.